The van der Waals surface area contributed by atoms with Crippen LogP contribution in [0, 0.1) is 5.82 Å². The number of benzene rings is 1. The highest BCUT2D eigenvalue weighted by Crippen LogP contribution is 2.19. The molecule has 0 saturated heterocycles. The maximum Gasteiger partial charge on any atom is 0.244 e. The van der Waals surface area contributed by atoms with Gasteiger partial charge in [-0.3, -0.25) is 5.10 Å². The van der Waals surface area contributed by atoms with Crippen LogP contribution in [0.15, 0.2) is 29.4 Å². The van der Waals surface area contributed by atoms with Gasteiger partial charge in [-0.25, -0.2) is 22.5 Å². The molecule has 1 unspecified atom stereocenters. The number of hydrogen-bond donors (Lipinski definition) is 3. The first kappa shape index (κ1) is 13.4. The van der Waals surface area contributed by atoms with Gasteiger partial charge < -0.3 is 5.73 Å². The highest BCUT2D eigenvalue weighted by molar-refractivity contribution is 7.89. The van der Waals surface area contributed by atoms with Crippen LogP contribution >= 0.6 is 0 Å². The Hall–Kier alpha value is -2.00. The minimum absolute atomic E-state index is 0.153. The number of nitrogens with two attached hydrogens (primary N) is 1. The summed E-state index contributed by atoms with van der Waals surface area (Å²) in [4.78, 5) is 3.36. The highest BCUT2D eigenvalue weighted by atomic mass is 32.2. The third-order valence-electron chi connectivity index (χ3n) is 2.42. The van der Waals surface area contributed by atoms with Crippen molar-refractivity contribution in [3.05, 3.63) is 36.2 Å². The van der Waals surface area contributed by atoms with Gasteiger partial charge in [0.05, 0.1) is 6.04 Å². The number of rotatable bonds is 4. The molecule has 9 heteroatoms. The zero-order valence-electron chi connectivity index (χ0n) is 9.96. The molecule has 102 valence electrons. The molecule has 4 N–H and O–H groups in total. The molecule has 1 atom stereocenters. The van der Waals surface area contributed by atoms with Crippen LogP contribution in [-0.4, -0.2) is 23.6 Å². The Bertz CT molecular complexity index is 671. The molecule has 0 saturated carbocycles. The number of aromatic nitrogens is 3. The van der Waals surface area contributed by atoms with Crippen LogP contribution in [0.25, 0.3) is 0 Å². The van der Waals surface area contributed by atoms with Crippen LogP contribution in [0.3, 0.4) is 0 Å². The fraction of sp³-hybridized carbons (Fsp3) is 0.200. The van der Waals surface area contributed by atoms with E-state index in [1.807, 2.05) is 0 Å². The van der Waals surface area contributed by atoms with Crippen molar-refractivity contribution < 1.29 is 12.8 Å². The summed E-state index contributed by atoms with van der Waals surface area (Å²) in [6.45, 7) is 1.56. The Labute approximate surface area is 109 Å². The Morgan fingerprint density at radius 2 is 2.21 bits per heavy atom. The molecule has 1 aromatic heterocycles. The Morgan fingerprint density at radius 1 is 1.47 bits per heavy atom. The van der Waals surface area contributed by atoms with Gasteiger partial charge in [0.25, 0.3) is 0 Å². The first-order valence-corrected chi connectivity index (χ1v) is 6.81. The second-order valence-corrected chi connectivity index (χ2v) is 5.59. The van der Waals surface area contributed by atoms with Gasteiger partial charge in [-0.15, -0.1) is 0 Å². The number of H-pyrrole nitrogens is 1. The molecule has 0 bridgehead atoms. The van der Waals surface area contributed by atoms with Gasteiger partial charge in [-0.05, 0) is 25.1 Å². The minimum atomic E-state index is -4.00. The van der Waals surface area contributed by atoms with Crippen molar-refractivity contribution in [2.24, 2.45) is 0 Å². The molecule has 19 heavy (non-hydrogen) atoms. The van der Waals surface area contributed by atoms with Gasteiger partial charge in [0, 0.05) is 5.69 Å². The van der Waals surface area contributed by atoms with Crippen molar-refractivity contribution in [2.45, 2.75) is 17.9 Å². The predicted octanol–water partition coefficient (Wildman–Crippen LogP) is 0.565. The van der Waals surface area contributed by atoms with Crippen molar-refractivity contribution in [2.75, 3.05) is 5.73 Å². The molecular weight excluding hydrogens is 273 g/mol. The van der Waals surface area contributed by atoms with Crippen molar-refractivity contribution >= 4 is 15.7 Å². The SMILES string of the molecule is CC(NS(=O)(=O)c1ccc(N)cc1F)c1ncn[nH]1. The quantitative estimate of drug-likeness (QED) is 0.710. The number of halogens is 1. The summed E-state index contributed by atoms with van der Waals surface area (Å²) in [6.07, 6.45) is 1.25. The molecule has 1 heterocycles. The Balaban J connectivity index is 2.28. The van der Waals surface area contributed by atoms with Crippen molar-refractivity contribution in [1.82, 2.24) is 19.9 Å². The summed E-state index contributed by atoms with van der Waals surface area (Å²) < 4.78 is 39.9. The number of anilines is 1. The number of hydrogen-bond acceptors (Lipinski definition) is 5. The Kier molecular flexibility index (Phi) is 3.49. The van der Waals surface area contributed by atoms with Gasteiger partial charge in [-0.2, -0.15) is 5.10 Å². The first-order valence-electron chi connectivity index (χ1n) is 5.33. The summed E-state index contributed by atoms with van der Waals surface area (Å²) in [7, 11) is -4.00. The molecule has 7 nitrogen and oxygen atoms in total. The monoisotopic (exact) mass is 285 g/mol. The molecule has 0 aliphatic carbocycles. The third-order valence-corrected chi connectivity index (χ3v) is 4.00. The van der Waals surface area contributed by atoms with Gasteiger partial charge in [-0.1, -0.05) is 0 Å². The number of aromatic amines is 1. The second kappa shape index (κ2) is 4.94. The lowest BCUT2D eigenvalue weighted by Gasteiger charge is -2.12. The molecule has 0 fully saturated rings. The van der Waals surface area contributed by atoms with Crippen LogP contribution < -0.4 is 10.5 Å². The Morgan fingerprint density at radius 3 is 2.79 bits per heavy atom. The predicted molar refractivity (Wildman–Crippen MR) is 65.9 cm³/mol. The molecule has 1 aromatic carbocycles. The van der Waals surface area contributed by atoms with E-state index in [9.17, 15) is 12.8 Å². The van der Waals surface area contributed by atoms with Crippen molar-refractivity contribution in [3.63, 3.8) is 0 Å². The van der Waals surface area contributed by atoms with Gasteiger partial charge in [0.2, 0.25) is 10.0 Å². The summed E-state index contributed by atoms with van der Waals surface area (Å²) in [6, 6.07) is 2.72. The maximum atomic E-state index is 13.6. The molecule has 0 spiro atoms. The van der Waals surface area contributed by atoms with Crippen LogP contribution in [0.5, 0.6) is 0 Å². The highest BCUT2D eigenvalue weighted by Gasteiger charge is 2.23. The van der Waals surface area contributed by atoms with E-state index in [-0.39, 0.29) is 5.69 Å². The zero-order valence-corrected chi connectivity index (χ0v) is 10.8. The zero-order chi connectivity index (χ0) is 14.0. The summed E-state index contributed by atoms with van der Waals surface area (Å²) in [5, 5.41) is 6.15. The fourth-order valence-electron chi connectivity index (χ4n) is 1.51. The summed E-state index contributed by atoms with van der Waals surface area (Å²) >= 11 is 0. The van der Waals surface area contributed by atoms with Gasteiger partial charge >= 0.3 is 0 Å². The molecule has 0 amide bonds. The molecule has 2 aromatic rings. The van der Waals surface area contributed by atoms with E-state index in [0.29, 0.717) is 5.82 Å². The molecule has 0 radical (unpaired) electrons. The van der Waals surface area contributed by atoms with Crippen LogP contribution in [0.4, 0.5) is 10.1 Å². The molecule has 0 aliphatic rings. The topological polar surface area (TPSA) is 114 Å². The van der Waals surface area contributed by atoms with Crippen LogP contribution in [0.1, 0.15) is 18.8 Å². The van der Waals surface area contributed by atoms with Crippen LogP contribution in [0.2, 0.25) is 0 Å². The van der Waals surface area contributed by atoms with Gasteiger partial charge in [0.1, 0.15) is 22.9 Å². The van der Waals surface area contributed by atoms with Gasteiger partial charge in [0.15, 0.2) is 0 Å². The largest absolute Gasteiger partial charge is 0.399 e. The van der Waals surface area contributed by atoms with E-state index in [1.54, 1.807) is 6.92 Å². The molecular formula is C10H12FN5O2S. The average molecular weight is 285 g/mol. The number of nitrogen functional groups attached to an aromatic ring is 1. The van der Waals surface area contributed by atoms with E-state index >= 15 is 0 Å². The van der Waals surface area contributed by atoms with E-state index in [0.717, 1.165) is 12.1 Å². The smallest absolute Gasteiger partial charge is 0.244 e. The lowest BCUT2D eigenvalue weighted by atomic mass is 10.3. The second-order valence-electron chi connectivity index (χ2n) is 3.90. The summed E-state index contributed by atoms with van der Waals surface area (Å²) in [5.74, 6) is -0.573. The van der Waals surface area contributed by atoms with Crippen molar-refractivity contribution in [1.29, 1.82) is 0 Å². The van der Waals surface area contributed by atoms with Crippen LogP contribution in [-0.2, 0) is 10.0 Å². The van der Waals surface area contributed by atoms with E-state index < -0.39 is 26.8 Å². The van der Waals surface area contributed by atoms with E-state index in [4.69, 9.17) is 5.73 Å². The normalized spacial score (nSPS) is 13.4. The standard InChI is InChI=1S/C10H12FN5O2S/c1-6(10-13-5-14-15-10)16-19(17,18)9-3-2-7(12)4-8(9)11/h2-6,16H,12H2,1H3,(H,13,14,15). The average Bonchev–Trinajstić information content (AvgIpc) is 2.80. The molecule has 2 rings (SSSR count). The summed E-state index contributed by atoms with van der Waals surface area (Å²) in [5.41, 5.74) is 5.52. The van der Waals surface area contributed by atoms with E-state index in [2.05, 4.69) is 19.9 Å². The maximum absolute atomic E-state index is 13.6. The molecule has 0 aliphatic heterocycles. The third kappa shape index (κ3) is 2.88. The minimum Gasteiger partial charge on any atom is -0.399 e. The number of sulfonamides is 1. The lowest BCUT2D eigenvalue weighted by Crippen LogP contribution is -2.28. The van der Waals surface area contributed by atoms with E-state index in [1.165, 1.54) is 12.4 Å². The number of nitrogens with zero attached hydrogens (tertiary/aromatic N) is 2. The van der Waals surface area contributed by atoms with Crippen molar-refractivity contribution in [3.8, 4) is 0 Å². The number of nitrogens with one attached hydrogen (secondary N) is 2. The first-order chi connectivity index (χ1) is 8.90. The fourth-order valence-corrected chi connectivity index (χ4v) is 2.78. The lowest BCUT2D eigenvalue weighted by molar-refractivity contribution is 0.542.